The molecule has 0 aromatic carbocycles. The molecule has 0 saturated carbocycles. The summed E-state index contributed by atoms with van der Waals surface area (Å²) < 4.78 is 3.92. The van der Waals surface area contributed by atoms with Crippen LogP contribution in [0.5, 0.6) is 0 Å². The van der Waals surface area contributed by atoms with Crippen LogP contribution in [0.15, 0.2) is 24.4 Å². The van der Waals surface area contributed by atoms with E-state index >= 15 is 0 Å². The van der Waals surface area contributed by atoms with E-state index in [9.17, 15) is 4.79 Å². The summed E-state index contributed by atoms with van der Waals surface area (Å²) in [6.07, 6.45) is 7.34. The molecule has 144 valence electrons. The molecule has 0 radical (unpaired) electrons. The molecule has 0 unspecified atom stereocenters. The summed E-state index contributed by atoms with van der Waals surface area (Å²) in [4.78, 5) is 21.0. The summed E-state index contributed by atoms with van der Waals surface area (Å²) in [5, 5.41) is 4.78. The maximum atomic E-state index is 11.4. The highest BCUT2D eigenvalue weighted by molar-refractivity contribution is 5.86. The predicted octanol–water partition coefficient (Wildman–Crippen LogP) is 4.51. The predicted molar refractivity (Wildman–Crippen MR) is 110 cm³/mol. The Kier molecular flexibility index (Phi) is 4.71. The monoisotopic (exact) mass is 375 g/mol. The maximum Gasteiger partial charge on any atom is 0.157 e. The fourth-order valence-electron chi connectivity index (χ4n) is 3.93. The molecule has 0 spiro atoms. The molecule has 0 fully saturated rings. The summed E-state index contributed by atoms with van der Waals surface area (Å²) in [5.41, 5.74) is 7.99. The van der Waals surface area contributed by atoms with Gasteiger partial charge in [-0.05, 0) is 57.4 Å². The van der Waals surface area contributed by atoms with Gasteiger partial charge in [0, 0.05) is 6.20 Å². The molecular weight excluding hydrogens is 350 g/mol. The lowest BCUT2D eigenvalue weighted by molar-refractivity contribution is 0.112. The molecule has 0 aliphatic carbocycles. The second-order valence-electron chi connectivity index (χ2n) is 7.37. The standard InChI is InChI=1S/C22H25N5O/c1-5-6-7-9-17-12-14(2)25-27-20(16(4)24-22(17)27)19-15(3)23-21-18(13-28)10-8-11-26(19)21/h8,10-13H,5-7,9H2,1-4H3. The molecule has 4 aromatic rings. The number of rotatable bonds is 6. The van der Waals surface area contributed by atoms with Crippen molar-refractivity contribution in [3.8, 4) is 11.4 Å². The number of pyridine rings is 1. The highest BCUT2D eigenvalue weighted by Crippen LogP contribution is 2.30. The number of unbranched alkanes of at least 4 members (excludes halogenated alkanes) is 2. The Morgan fingerprint density at radius 3 is 2.54 bits per heavy atom. The molecule has 6 nitrogen and oxygen atoms in total. The Labute approximate surface area is 164 Å². The highest BCUT2D eigenvalue weighted by Gasteiger charge is 2.21. The molecular formula is C22H25N5O. The number of aryl methyl sites for hydroxylation is 4. The van der Waals surface area contributed by atoms with Crippen LogP contribution in [0, 0.1) is 20.8 Å². The van der Waals surface area contributed by atoms with Gasteiger partial charge in [-0.2, -0.15) is 5.10 Å². The third kappa shape index (κ3) is 2.89. The number of carbonyl (C=O) groups excluding carboxylic acids is 1. The SMILES string of the molecule is CCCCCc1cc(C)nn2c(-c3c(C)nc4c(C=O)cccn34)c(C)nc12. The van der Waals surface area contributed by atoms with Crippen LogP contribution in [0.4, 0.5) is 0 Å². The van der Waals surface area contributed by atoms with Crippen LogP contribution in [0.2, 0.25) is 0 Å². The number of hydrogen-bond donors (Lipinski definition) is 0. The lowest BCUT2D eigenvalue weighted by atomic mass is 10.1. The van der Waals surface area contributed by atoms with Crippen LogP contribution in [0.1, 0.15) is 59.2 Å². The van der Waals surface area contributed by atoms with Crippen LogP contribution < -0.4 is 0 Å². The minimum atomic E-state index is 0.577. The van der Waals surface area contributed by atoms with Crippen molar-refractivity contribution in [3.63, 3.8) is 0 Å². The van der Waals surface area contributed by atoms with E-state index in [1.54, 1.807) is 6.07 Å². The van der Waals surface area contributed by atoms with Crippen molar-refractivity contribution >= 4 is 17.6 Å². The molecule has 0 saturated heterocycles. The number of fused-ring (bicyclic) bond motifs is 2. The van der Waals surface area contributed by atoms with Gasteiger partial charge in [-0.15, -0.1) is 0 Å². The molecule has 0 aliphatic heterocycles. The van der Waals surface area contributed by atoms with Gasteiger partial charge < -0.3 is 0 Å². The molecule has 0 aliphatic rings. The molecule has 0 N–H and O–H groups in total. The number of aldehydes is 1. The van der Waals surface area contributed by atoms with Crippen molar-refractivity contribution in [2.45, 2.75) is 53.4 Å². The first-order valence-electron chi connectivity index (χ1n) is 9.84. The van der Waals surface area contributed by atoms with Crippen LogP contribution >= 0.6 is 0 Å². The number of aromatic nitrogens is 5. The van der Waals surface area contributed by atoms with E-state index in [4.69, 9.17) is 10.1 Å². The minimum absolute atomic E-state index is 0.577. The topological polar surface area (TPSA) is 64.6 Å². The molecule has 0 bridgehead atoms. The van der Waals surface area contributed by atoms with Crippen molar-refractivity contribution in [2.75, 3.05) is 0 Å². The first-order chi connectivity index (χ1) is 13.5. The smallest absolute Gasteiger partial charge is 0.157 e. The Balaban J connectivity index is 1.98. The number of hydrogen-bond acceptors (Lipinski definition) is 4. The summed E-state index contributed by atoms with van der Waals surface area (Å²) in [6.45, 7) is 8.21. The largest absolute Gasteiger partial charge is 0.298 e. The van der Waals surface area contributed by atoms with E-state index in [1.807, 2.05) is 42.0 Å². The van der Waals surface area contributed by atoms with Crippen LogP contribution in [0.3, 0.4) is 0 Å². The number of nitrogens with zero attached hydrogens (tertiary/aromatic N) is 5. The van der Waals surface area contributed by atoms with Gasteiger partial charge in [0.05, 0.1) is 28.3 Å². The zero-order valence-electron chi connectivity index (χ0n) is 16.9. The van der Waals surface area contributed by atoms with Crippen LogP contribution in [-0.2, 0) is 6.42 Å². The molecule has 6 heteroatoms. The van der Waals surface area contributed by atoms with Gasteiger partial charge in [0.1, 0.15) is 11.3 Å². The van der Waals surface area contributed by atoms with Crippen molar-refractivity contribution in [1.82, 2.24) is 24.0 Å². The molecule has 0 atom stereocenters. The zero-order chi connectivity index (χ0) is 19.8. The lowest BCUT2D eigenvalue weighted by Gasteiger charge is -2.08. The van der Waals surface area contributed by atoms with Gasteiger partial charge in [0.15, 0.2) is 11.9 Å². The first kappa shape index (κ1) is 18.3. The summed E-state index contributed by atoms with van der Waals surface area (Å²) >= 11 is 0. The second-order valence-corrected chi connectivity index (χ2v) is 7.37. The summed E-state index contributed by atoms with van der Waals surface area (Å²) in [6, 6.07) is 5.80. The van der Waals surface area contributed by atoms with E-state index in [1.165, 1.54) is 18.4 Å². The number of imidazole rings is 2. The van der Waals surface area contributed by atoms with Crippen molar-refractivity contribution < 1.29 is 4.79 Å². The van der Waals surface area contributed by atoms with Crippen molar-refractivity contribution in [3.05, 3.63) is 52.6 Å². The molecule has 4 heterocycles. The molecule has 4 aromatic heterocycles. The van der Waals surface area contributed by atoms with Crippen molar-refractivity contribution in [1.29, 1.82) is 0 Å². The van der Waals surface area contributed by atoms with Gasteiger partial charge in [0.2, 0.25) is 0 Å². The van der Waals surface area contributed by atoms with Crippen molar-refractivity contribution in [2.24, 2.45) is 0 Å². The normalized spacial score (nSPS) is 11.6. The van der Waals surface area contributed by atoms with Gasteiger partial charge in [-0.3, -0.25) is 9.20 Å². The lowest BCUT2D eigenvalue weighted by Crippen LogP contribution is -2.03. The van der Waals surface area contributed by atoms with Crippen LogP contribution in [0.25, 0.3) is 22.7 Å². The van der Waals surface area contributed by atoms with Gasteiger partial charge >= 0.3 is 0 Å². The average Bonchev–Trinajstić information content (AvgIpc) is 3.17. The number of carbonyl (C=O) groups is 1. The maximum absolute atomic E-state index is 11.4. The van der Waals surface area contributed by atoms with E-state index in [0.717, 1.165) is 53.2 Å². The Bertz CT molecular complexity index is 1190. The Hall–Kier alpha value is -3.02. The molecule has 0 amide bonds. The van der Waals surface area contributed by atoms with E-state index in [2.05, 4.69) is 18.0 Å². The Morgan fingerprint density at radius 1 is 1.04 bits per heavy atom. The summed E-state index contributed by atoms with van der Waals surface area (Å²) in [7, 11) is 0. The van der Waals surface area contributed by atoms with E-state index in [-0.39, 0.29) is 0 Å². The second kappa shape index (κ2) is 7.19. The van der Waals surface area contributed by atoms with Gasteiger partial charge in [0.25, 0.3) is 0 Å². The minimum Gasteiger partial charge on any atom is -0.298 e. The zero-order valence-corrected chi connectivity index (χ0v) is 16.9. The Morgan fingerprint density at radius 2 is 1.79 bits per heavy atom. The third-order valence-electron chi connectivity index (χ3n) is 5.21. The van der Waals surface area contributed by atoms with Gasteiger partial charge in [-0.25, -0.2) is 14.5 Å². The molecule has 4 rings (SSSR count). The molecule has 28 heavy (non-hydrogen) atoms. The fraction of sp³-hybridized carbons (Fsp3) is 0.364. The summed E-state index contributed by atoms with van der Waals surface area (Å²) in [5.74, 6) is 0. The van der Waals surface area contributed by atoms with Gasteiger partial charge in [-0.1, -0.05) is 19.8 Å². The highest BCUT2D eigenvalue weighted by atomic mass is 16.1. The average molecular weight is 375 g/mol. The van der Waals surface area contributed by atoms with E-state index in [0.29, 0.717) is 11.2 Å². The first-order valence-corrected chi connectivity index (χ1v) is 9.84. The van der Waals surface area contributed by atoms with E-state index < -0.39 is 0 Å². The quantitative estimate of drug-likeness (QED) is 0.367. The third-order valence-corrected chi connectivity index (χ3v) is 5.21. The fourth-order valence-corrected chi connectivity index (χ4v) is 3.93. The van der Waals surface area contributed by atoms with Crippen LogP contribution in [-0.4, -0.2) is 30.3 Å².